The van der Waals surface area contributed by atoms with Crippen LogP contribution >= 0.6 is 0 Å². The lowest BCUT2D eigenvalue weighted by molar-refractivity contribution is 0.342. The molecule has 1 fully saturated rings. The topological polar surface area (TPSA) is 3.24 Å². The Bertz CT molecular complexity index is 387. The summed E-state index contributed by atoms with van der Waals surface area (Å²) in [5.74, 6) is 1.88. The minimum atomic E-state index is 0.911. The second-order valence-corrected chi connectivity index (χ2v) is 6.94. The minimum Gasteiger partial charge on any atom is -0.372 e. The Morgan fingerprint density at radius 2 is 1.65 bits per heavy atom. The first kappa shape index (κ1) is 20.1. The van der Waals surface area contributed by atoms with E-state index in [-0.39, 0.29) is 0 Å². The average Bonchev–Trinajstić information content (AvgIpc) is 2.63. The molecule has 0 bridgehead atoms. The quantitative estimate of drug-likeness (QED) is 0.540. The van der Waals surface area contributed by atoms with Crippen molar-refractivity contribution in [1.29, 1.82) is 0 Å². The van der Waals surface area contributed by atoms with Crippen molar-refractivity contribution in [1.82, 2.24) is 0 Å². The number of piperidine rings is 1. The molecule has 1 aliphatic heterocycles. The van der Waals surface area contributed by atoms with Crippen LogP contribution in [0.15, 0.2) is 24.3 Å². The Morgan fingerprint density at radius 1 is 1.04 bits per heavy atom. The summed E-state index contributed by atoms with van der Waals surface area (Å²) in [7, 11) is 0. The van der Waals surface area contributed by atoms with E-state index in [1.54, 1.807) is 0 Å². The molecule has 1 unspecified atom stereocenters. The summed E-state index contributed by atoms with van der Waals surface area (Å²) in [4.78, 5) is 2.58. The summed E-state index contributed by atoms with van der Waals surface area (Å²) in [5.41, 5.74) is 2.90. The van der Waals surface area contributed by atoms with Crippen molar-refractivity contribution in [2.24, 2.45) is 11.8 Å². The van der Waals surface area contributed by atoms with Crippen LogP contribution in [0.25, 0.3) is 0 Å². The van der Waals surface area contributed by atoms with Crippen LogP contribution in [0, 0.1) is 11.8 Å². The lowest BCUT2D eigenvalue weighted by Crippen LogP contribution is -2.33. The van der Waals surface area contributed by atoms with E-state index in [1.165, 1.54) is 69.3 Å². The molecule has 1 heteroatoms. The molecule has 0 radical (unpaired) electrons. The zero-order valence-corrected chi connectivity index (χ0v) is 16.3. The van der Waals surface area contributed by atoms with E-state index in [0.29, 0.717) is 0 Å². The minimum absolute atomic E-state index is 0.911. The molecule has 0 saturated carbocycles. The smallest absolute Gasteiger partial charge is 0.0366 e. The lowest BCUT2D eigenvalue weighted by Gasteiger charge is -2.34. The maximum Gasteiger partial charge on any atom is 0.0366 e. The number of aryl methyl sites for hydroxylation is 1. The summed E-state index contributed by atoms with van der Waals surface area (Å²) in [6, 6.07) is 9.27. The van der Waals surface area contributed by atoms with Crippen molar-refractivity contribution in [3.8, 4) is 0 Å². The molecule has 0 amide bonds. The van der Waals surface area contributed by atoms with Crippen molar-refractivity contribution in [2.45, 2.75) is 79.6 Å². The number of hydrogen-bond acceptors (Lipinski definition) is 1. The molecular formula is C22H39N. The fourth-order valence-corrected chi connectivity index (χ4v) is 3.37. The van der Waals surface area contributed by atoms with Crippen LogP contribution in [0.2, 0.25) is 0 Å². The van der Waals surface area contributed by atoms with E-state index in [9.17, 15) is 0 Å². The van der Waals surface area contributed by atoms with Crippen LogP contribution in [0.3, 0.4) is 0 Å². The first-order valence-electron chi connectivity index (χ1n) is 10.1. The Labute approximate surface area is 145 Å². The molecule has 1 saturated heterocycles. The highest BCUT2D eigenvalue weighted by molar-refractivity contribution is 5.48. The SMILES string of the molecule is CC.CCCc1ccc(N2CCC(CCC(C)CC)CC2)cc1. The highest BCUT2D eigenvalue weighted by atomic mass is 15.1. The van der Waals surface area contributed by atoms with Gasteiger partial charge in [-0.1, -0.05) is 72.4 Å². The second-order valence-electron chi connectivity index (χ2n) is 6.94. The molecule has 1 aromatic rings. The van der Waals surface area contributed by atoms with E-state index in [0.717, 1.165) is 11.8 Å². The maximum atomic E-state index is 2.58. The molecular weight excluding hydrogens is 278 g/mol. The lowest BCUT2D eigenvalue weighted by atomic mass is 9.88. The molecule has 1 aliphatic rings. The molecule has 1 atom stereocenters. The largest absolute Gasteiger partial charge is 0.372 e. The molecule has 0 aliphatic carbocycles. The van der Waals surface area contributed by atoms with Gasteiger partial charge in [0.15, 0.2) is 0 Å². The van der Waals surface area contributed by atoms with Crippen molar-refractivity contribution < 1.29 is 0 Å². The first-order valence-corrected chi connectivity index (χ1v) is 10.1. The summed E-state index contributed by atoms with van der Waals surface area (Å²) in [6.45, 7) is 13.5. The molecule has 2 rings (SSSR count). The first-order chi connectivity index (χ1) is 11.2. The third-order valence-electron chi connectivity index (χ3n) is 5.22. The summed E-state index contributed by atoms with van der Waals surface area (Å²) >= 11 is 0. The van der Waals surface area contributed by atoms with Crippen LogP contribution in [0.4, 0.5) is 5.69 Å². The average molecular weight is 318 g/mol. The highest BCUT2D eigenvalue weighted by Crippen LogP contribution is 2.28. The van der Waals surface area contributed by atoms with Crippen molar-refractivity contribution in [3.63, 3.8) is 0 Å². The number of anilines is 1. The van der Waals surface area contributed by atoms with Gasteiger partial charge in [-0.05, 0) is 48.8 Å². The van der Waals surface area contributed by atoms with E-state index in [2.05, 4.69) is 49.9 Å². The number of nitrogens with zero attached hydrogens (tertiary/aromatic N) is 1. The number of benzene rings is 1. The van der Waals surface area contributed by atoms with Gasteiger partial charge in [0.05, 0.1) is 0 Å². The van der Waals surface area contributed by atoms with Crippen molar-refractivity contribution >= 4 is 5.69 Å². The van der Waals surface area contributed by atoms with Crippen molar-refractivity contribution in [3.05, 3.63) is 29.8 Å². The normalized spacial score (nSPS) is 16.7. The molecule has 132 valence electrons. The van der Waals surface area contributed by atoms with Gasteiger partial charge in [-0.25, -0.2) is 0 Å². The zero-order chi connectivity index (χ0) is 17.1. The van der Waals surface area contributed by atoms with E-state index >= 15 is 0 Å². The van der Waals surface area contributed by atoms with Gasteiger partial charge in [-0.3, -0.25) is 0 Å². The Kier molecular flexibility index (Phi) is 10.1. The molecule has 1 nitrogen and oxygen atoms in total. The summed E-state index contributed by atoms with van der Waals surface area (Å²) in [6.07, 6.45) is 9.41. The Hall–Kier alpha value is -0.980. The molecule has 0 aromatic heterocycles. The third-order valence-corrected chi connectivity index (χ3v) is 5.22. The molecule has 0 N–H and O–H groups in total. The van der Waals surface area contributed by atoms with Crippen LogP contribution < -0.4 is 4.90 Å². The van der Waals surface area contributed by atoms with Crippen LogP contribution in [0.5, 0.6) is 0 Å². The molecule has 1 heterocycles. The van der Waals surface area contributed by atoms with Crippen LogP contribution in [-0.2, 0) is 6.42 Å². The van der Waals surface area contributed by atoms with Gasteiger partial charge in [0.2, 0.25) is 0 Å². The van der Waals surface area contributed by atoms with Gasteiger partial charge < -0.3 is 4.90 Å². The van der Waals surface area contributed by atoms with Gasteiger partial charge in [-0.2, -0.15) is 0 Å². The third kappa shape index (κ3) is 6.97. The van der Waals surface area contributed by atoms with Crippen molar-refractivity contribution in [2.75, 3.05) is 18.0 Å². The Balaban J connectivity index is 0.00000127. The standard InChI is InChI=1S/C20H33N.C2H6/c1-4-6-18-9-11-20(12-10-18)21-15-13-19(14-16-21)8-7-17(3)5-2;1-2/h9-12,17,19H,4-8,13-16H2,1-3H3;1-2H3. The second kappa shape index (κ2) is 11.5. The fourth-order valence-electron chi connectivity index (χ4n) is 3.37. The molecule has 0 spiro atoms. The predicted octanol–water partition coefficient (Wildman–Crippen LogP) is 6.71. The van der Waals surface area contributed by atoms with E-state index in [4.69, 9.17) is 0 Å². The summed E-state index contributed by atoms with van der Waals surface area (Å²) in [5, 5.41) is 0. The number of rotatable bonds is 7. The highest BCUT2D eigenvalue weighted by Gasteiger charge is 2.19. The molecule has 23 heavy (non-hydrogen) atoms. The van der Waals surface area contributed by atoms with Gasteiger partial charge in [0.25, 0.3) is 0 Å². The van der Waals surface area contributed by atoms with Crippen LogP contribution in [0.1, 0.15) is 78.7 Å². The predicted molar refractivity (Wildman–Crippen MR) is 105 cm³/mol. The monoisotopic (exact) mass is 317 g/mol. The summed E-state index contributed by atoms with van der Waals surface area (Å²) < 4.78 is 0. The van der Waals surface area contributed by atoms with E-state index < -0.39 is 0 Å². The van der Waals surface area contributed by atoms with Crippen LogP contribution in [-0.4, -0.2) is 13.1 Å². The van der Waals surface area contributed by atoms with Gasteiger partial charge >= 0.3 is 0 Å². The Morgan fingerprint density at radius 3 is 2.17 bits per heavy atom. The fraction of sp³-hybridized carbons (Fsp3) is 0.727. The van der Waals surface area contributed by atoms with Gasteiger partial charge in [-0.15, -0.1) is 0 Å². The molecule has 1 aromatic carbocycles. The zero-order valence-electron chi connectivity index (χ0n) is 16.3. The van der Waals surface area contributed by atoms with Gasteiger partial charge in [0, 0.05) is 18.8 Å². The maximum absolute atomic E-state index is 2.58. The van der Waals surface area contributed by atoms with E-state index in [1.807, 2.05) is 13.8 Å². The number of hydrogen-bond donors (Lipinski definition) is 0. The van der Waals surface area contributed by atoms with Gasteiger partial charge in [0.1, 0.15) is 0 Å².